The van der Waals surface area contributed by atoms with Crippen LogP contribution in [0.3, 0.4) is 0 Å². The largest absolute Gasteiger partial charge is 0.408 e. The normalized spacial score (nSPS) is 17.6. The maximum Gasteiger partial charge on any atom is 0.408 e. The lowest BCUT2D eigenvalue weighted by Gasteiger charge is -2.48. The average Bonchev–Trinajstić information content (AvgIpc) is 3.68. The van der Waals surface area contributed by atoms with E-state index in [0.29, 0.717) is 12.1 Å². The van der Waals surface area contributed by atoms with Gasteiger partial charge in [-0.1, -0.05) is 11.6 Å². The Morgan fingerprint density at radius 2 is 1.77 bits per heavy atom. The number of nitrogens with one attached hydrogen (secondary N) is 1. The highest BCUT2D eigenvalue weighted by Gasteiger charge is 2.50. The third kappa shape index (κ3) is 4.88. The van der Waals surface area contributed by atoms with Crippen LogP contribution in [0.1, 0.15) is 23.2 Å². The Morgan fingerprint density at radius 1 is 1.12 bits per heavy atom. The molecule has 40 heavy (non-hydrogen) atoms. The van der Waals surface area contributed by atoms with Gasteiger partial charge in [0, 0.05) is 25.4 Å². The van der Waals surface area contributed by atoms with Gasteiger partial charge in [0.1, 0.15) is 23.1 Å². The summed E-state index contributed by atoms with van der Waals surface area (Å²) in [5, 5.41) is 19.8. The van der Waals surface area contributed by atoms with E-state index < -0.39 is 92.9 Å². The molecule has 1 amide bonds. The molecular formula is C25H21ClF6N4O4. The molecule has 1 saturated carbocycles. The molecular weight excluding hydrogens is 570 g/mol. The summed E-state index contributed by atoms with van der Waals surface area (Å²) in [4.78, 5) is 31.7. The number of fused-ring (bicyclic) bond motifs is 1. The number of aliphatic hydroxyl groups is 2. The van der Waals surface area contributed by atoms with E-state index in [1.807, 2.05) is 5.32 Å². The van der Waals surface area contributed by atoms with Crippen LogP contribution in [-0.4, -0.2) is 64.2 Å². The number of anilines is 1. The molecule has 1 atom stereocenters. The SMILES string of the molecule is O=C(N[C@@H](C1CC1)C(F)(F)F)c1cn(-c2c(F)cc(F)cc2Cl)c2nc(N3CC(CO)(CO)C3)c(F)cc2c1=O. The smallest absolute Gasteiger partial charge is 0.396 e. The maximum atomic E-state index is 15.2. The van der Waals surface area contributed by atoms with Crippen molar-refractivity contribution in [3.05, 3.63) is 62.7 Å². The Labute approximate surface area is 226 Å². The topological polar surface area (TPSA) is 108 Å². The highest BCUT2D eigenvalue weighted by molar-refractivity contribution is 6.32. The number of nitrogens with zero attached hydrogens (tertiary/aromatic N) is 3. The number of alkyl halides is 3. The van der Waals surface area contributed by atoms with Crippen LogP contribution >= 0.6 is 11.6 Å². The lowest BCUT2D eigenvalue weighted by molar-refractivity contribution is -0.158. The van der Waals surface area contributed by atoms with Crippen molar-refractivity contribution < 1.29 is 41.4 Å². The van der Waals surface area contributed by atoms with Crippen molar-refractivity contribution in [3.63, 3.8) is 0 Å². The van der Waals surface area contributed by atoms with Crippen LogP contribution in [0.15, 0.2) is 29.2 Å². The third-order valence-electron chi connectivity index (χ3n) is 7.14. The van der Waals surface area contributed by atoms with Gasteiger partial charge in [-0.15, -0.1) is 0 Å². The average molecular weight is 591 g/mol. The summed E-state index contributed by atoms with van der Waals surface area (Å²) in [7, 11) is 0. The number of halogens is 7. The van der Waals surface area contributed by atoms with E-state index in [4.69, 9.17) is 11.6 Å². The molecule has 1 aromatic carbocycles. The predicted octanol–water partition coefficient (Wildman–Crippen LogP) is 3.32. The fraction of sp³-hybridized carbons (Fsp3) is 0.400. The zero-order valence-corrected chi connectivity index (χ0v) is 21.2. The second-order valence-electron chi connectivity index (χ2n) is 10.1. The Hall–Kier alpha value is -3.36. The van der Waals surface area contributed by atoms with Crippen molar-refractivity contribution in [2.45, 2.75) is 25.1 Å². The zero-order chi connectivity index (χ0) is 29.1. The number of aliphatic hydroxyl groups excluding tert-OH is 2. The van der Waals surface area contributed by atoms with Gasteiger partial charge in [0.2, 0.25) is 5.43 Å². The van der Waals surface area contributed by atoms with Crippen molar-refractivity contribution in [2.75, 3.05) is 31.2 Å². The molecule has 214 valence electrons. The van der Waals surface area contributed by atoms with Crippen molar-refractivity contribution in [1.29, 1.82) is 0 Å². The Kier molecular flexibility index (Phi) is 6.99. The van der Waals surface area contributed by atoms with E-state index >= 15 is 8.78 Å². The highest BCUT2D eigenvalue weighted by Crippen LogP contribution is 2.40. The lowest BCUT2D eigenvalue weighted by Crippen LogP contribution is -2.61. The van der Waals surface area contributed by atoms with E-state index in [9.17, 15) is 37.4 Å². The van der Waals surface area contributed by atoms with Crippen molar-refractivity contribution in [3.8, 4) is 5.69 Å². The number of carbonyl (C=O) groups is 1. The maximum absolute atomic E-state index is 15.2. The first kappa shape index (κ1) is 28.2. The van der Waals surface area contributed by atoms with E-state index in [2.05, 4.69) is 4.98 Å². The van der Waals surface area contributed by atoms with Crippen LogP contribution in [0.4, 0.5) is 32.2 Å². The van der Waals surface area contributed by atoms with Crippen LogP contribution in [0.2, 0.25) is 5.02 Å². The molecule has 3 aromatic rings. The standard InChI is InChI=1S/C25H21ClF6N4O4/c26-15-3-12(27)4-16(28)18(15)36-6-14(23(40)33-20(11-1-2-11)25(30,31)32)19(39)13-5-17(29)22(34-21(13)36)35-7-24(8-35,9-37)10-38/h3-6,11,20,37-38H,1-2,7-10H2,(H,33,40)/t20-/m0/s1. The summed E-state index contributed by atoms with van der Waals surface area (Å²) in [5.74, 6) is -6.04. The predicted molar refractivity (Wildman–Crippen MR) is 131 cm³/mol. The molecule has 8 nitrogen and oxygen atoms in total. The van der Waals surface area contributed by atoms with Crippen LogP contribution in [0.25, 0.3) is 16.7 Å². The number of hydrogen-bond donors (Lipinski definition) is 3. The molecule has 0 spiro atoms. The minimum Gasteiger partial charge on any atom is -0.396 e. The fourth-order valence-electron chi connectivity index (χ4n) is 4.81. The first-order valence-corrected chi connectivity index (χ1v) is 12.4. The molecule has 0 unspecified atom stereocenters. The number of rotatable bonds is 7. The Balaban J connectivity index is 1.69. The molecule has 2 aliphatic rings. The van der Waals surface area contributed by atoms with Gasteiger partial charge >= 0.3 is 6.18 Å². The molecule has 1 aliphatic heterocycles. The van der Waals surface area contributed by atoms with Crippen LogP contribution in [0.5, 0.6) is 0 Å². The lowest BCUT2D eigenvalue weighted by atomic mass is 9.81. The van der Waals surface area contributed by atoms with E-state index in [-0.39, 0.29) is 31.7 Å². The van der Waals surface area contributed by atoms with E-state index in [1.54, 1.807) is 0 Å². The summed E-state index contributed by atoms with van der Waals surface area (Å²) >= 11 is 6.09. The highest BCUT2D eigenvalue weighted by atomic mass is 35.5. The molecule has 2 fully saturated rings. The number of aromatic nitrogens is 2. The zero-order valence-electron chi connectivity index (χ0n) is 20.4. The van der Waals surface area contributed by atoms with Gasteiger partial charge in [-0.3, -0.25) is 14.2 Å². The second-order valence-corrected chi connectivity index (χ2v) is 10.5. The van der Waals surface area contributed by atoms with Gasteiger partial charge in [0.15, 0.2) is 23.1 Å². The van der Waals surface area contributed by atoms with Gasteiger partial charge in [0.05, 0.1) is 29.0 Å². The minimum absolute atomic E-state index is 0.0220. The summed E-state index contributed by atoms with van der Waals surface area (Å²) in [5.41, 5.74) is -4.01. The Bertz CT molecular complexity index is 1540. The molecule has 0 radical (unpaired) electrons. The second kappa shape index (κ2) is 9.93. The first-order chi connectivity index (χ1) is 18.8. The summed E-state index contributed by atoms with van der Waals surface area (Å²) in [6.07, 6.45) is -3.66. The number of benzene rings is 1. The molecule has 15 heteroatoms. The first-order valence-electron chi connectivity index (χ1n) is 12.0. The van der Waals surface area contributed by atoms with Gasteiger partial charge in [-0.25, -0.2) is 18.2 Å². The molecule has 0 bridgehead atoms. The van der Waals surface area contributed by atoms with Crippen LogP contribution in [-0.2, 0) is 0 Å². The molecule has 2 aromatic heterocycles. The number of pyridine rings is 2. The quantitative estimate of drug-likeness (QED) is 0.365. The molecule has 1 aliphatic carbocycles. The number of amides is 1. The summed E-state index contributed by atoms with van der Waals surface area (Å²) in [6, 6.07) is -0.360. The molecule has 1 saturated heterocycles. The minimum atomic E-state index is -4.81. The van der Waals surface area contributed by atoms with Crippen LogP contribution < -0.4 is 15.6 Å². The van der Waals surface area contributed by atoms with Crippen molar-refractivity contribution in [1.82, 2.24) is 14.9 Å². The van der Waals surface area contributed by atoms with E-state index in [0.717, 1.165) is 16.8 Å². The number of carbonyl (C=O) groups excluding carboxylic acids is 1. The summed E-state index contributed by atoms with van der Waals surface area (Å²) < 4.78 is 85.4. The molecule has 5 rings (SSSR count). The fourth-order valence-corrected chi connectivity index (χ4v) is 5.10. The van der Waals surface area contributed by atoms with Crippen molar-refractivity contribution in [2.24, 2.45) is 11.3 Å². The van der Waals surface area contributed by atoms with Gasteiger partial charge in [-0.2, -0.15) is 13.2 Å². The molecule has 3 heterocycles. The van der Waals surface area contributed by atoms with Crippen molar-refractivity contribution >= 4 is 34.4 Å². The Morgan fingerprint density at radius 3 is 2.33 bits per heavy atom. The monoisotopic (exact) mass is 590 g/mol. The van der Waals surface area contributed by atoms with Gasteiger partial charge in [-0.05, 0) is 30.9 Å². The number of hydrogen-bond acceptors (Lipinski definition) is 6. The summed E-state index contributed by atoms with van der Waals surface area (Å²) in [6.45, 7) is -0.860. The molecule has 3 N–H and O–H groups in total. The van der Waals surface area contributed by atoms with E-state index in [1.165, 1.54) is 4.90 Å². The van der Waals surface area contributed by atoms with Gasteiger partial charge < -0.3 is 20.4 Å². The third-order valence-corrected chi connectivity index (χ3v) is 7.42. The van der Waals surface area contributed by atoms with Gasteiger partial charge in [0.25, 0.3) is 5.91 Å². The van der Waals surface area contributed by atoms with Crippen LogP contribution in [0, 0.1) is 28.8 Å².